The molecule has 1 fully saturated rings. The number of anilines is 1. The van der Waals surface area contributed by atoms with Gasteiger partial charge in [-0.2, -0.15) is 5.10 Å². The minimum Gasteiger partial charge on any atom is -0.368 e. The van der Waals surface area contributed by atoms with Crippen molar-refractivity contribution in [2.75, 3.05) is 37.6 Å². The molecule has 0 amide bonds. The maximum Gasteiger partial charge on any atom is 0.274 e. The normalized spacial score (nSPS) is 14.7. The third kappa shape index (κ3) is 4.29. The van der Waals surface area contributed by atoms with Crippen molar-refractivity contribution < 1.29 is 4.92 Å². The molecule has 5 rings (SSSR count). The molecule has 0 atom stereocenters. The van der Waals surface area contributed by atoms with E-state index in [4.69, 9.17) is 0 Å². The summed E-state index contributed by atoms with van der Waals surface area (Å²) in [7, 11) is 0. The zero-order valence-corrected chi connectivity index (χ0v) is 18.3. The van der Waals surface area contributed by atoms with Gasteiger partial charge in [0.15, 0.2) is 0 Å². The first-order valence-electron chi connectivity index (χ1n) is 11.2. The van der Waals surface area contributed by atoms with Crippen molar-refractivity contribution in [3.63, 3.8) is 0 Å². The highest BCUT2D eigenvalue weighted by Crippen LogP contribution is 2.27. The van der Waals surface area contributed by atoms with E-state index in [0.717, 1.165) is 39.1 Å². The standard InChI is InChI=1S/C25H25N5O3/c31-25-23-17-21(30(32)33)10-9-20(23)18-26-29(25)12-4-11-27-13-15-28(16-14-27)24-8-3-6-19-5-1-2-7-22(19)24/h1-3,5-10,17-18H,4,11-16H2. The number of nitro benzene ring substituents is 1. The van der Waals surface area contributed by atoms with Gasteiger partial charge in [-0.3, -0.25) is 19.8 Å². The van der Waals surface area contributed by atoms with Gasteiger partial charge in [0.25, 0.3) is 11.2 Å². The van der Waals surface area contributed by atoms with Crippen molar-refractivity contribution in [3.05, 3.63) is 87.3 Å². The molecular formula is C25H25N5O3. The Balaban J connectivity index is 1.20. The second kappa shape index (κ2) is 8.99. The summed E-state index contributed by atoms with van der Waals surface area (Å²) < 4.78 is 1.42. The number of rotatable bonds is 6. The maximum absolute atomic E-state index is 12.7. The predicted molar refractivity (Wildman–Crippen MR) is 130 cm³/mol. The van der Waals surface area contributed by atoms with Crippen LogP contribution in [0, 0.1) is 10.1 Å². The molecule has 8 heteroatoms. The molecular weight excluding hydrogens is 418 g/mol. The van der Waals surface area contributed by atoms with Gasteiger partial charge in [-0.15, -0.1) is 0 Å². The fraction of sp³-hybridized carbons (Fsp3) is 0.280. The van der Waals surface area contributed by atoms with Crippen molar-refractivity contribution in [2.24, 2.45) is 0 Å². The lowest BCUT2D eigenvalue weighted by Crippen LogP contribution is -2.46. The minimum atomic E-state index is -0.485. The van der Waals surface area contributed by atoms with E-state index in [1.54, 1.807) is 12.3 Å². The first-order valence-corrected chi connectivity index (χ1v) is 11.2. The topological polar surface area (TPSA) is 84.5 Å². The Bertz CT molecular complexity index is 1370. The SMILES string of the molecule is O=c1c2cc([N+](=O)[O-])ccc2cnn1CCCN1CCN(c2cccc3ccccc23)CC1. The number of nitrogens with zero attached hydrogens (tertiary/aromatic N) is 5. The van der Waals surface area contributed by atoms with Crippen LogP contribution in [0.25, 0.3) is 21.5 Å². The third-order valence-electron chi connectivity index (χ3n) is 6.37. The Hall–Kier alpha value is -3.78. The lowest BCUT2D eigenvalue weighted by Gasteiger charge is -2.36. The Labute approximate surface area is 190 Å². The molecule has 0 bridgehead atoms. The van der Waals surface area contributed by atoms with E-state index in [0.29, 0.717) is 17.3 Å². The number of hydrogen-bond acceptors (Lipinski definition) is 6. The number of benzene rings is 3. The van der Waals surface area contributed by atoms with Crippen molar-refractivity contribution in [3.8, 4) is 0 Å². The van der Waals surface area contributed by atoms with Gasteiger partial charge >= 0.3 is 0 Å². The average Bonchev–Trinajstić information content (AvgIpc) is 2.85. The Morgan fingerprint density at radius 1 is 0.879 bits per heavy atom. The van der Waals surface area contributed by atoms with Gasteiger partial charge in [0.05, 0.1) is 16.5 Å². The molecule has 0 unspecified atom stereocenters. The number of fused-ring (bicyclic) bond motifs is 2. The molecule has 8 nitrogen and oxygen atoms in total. The second-order valence-corrected chi connectivity index (χ2v) is 8.38. The molecule has 168 valence electrons. The summed E-state index contributed by atoms with van der Waals surface area (Å²) >= 11 is 0. The van der Waals surface area contributed by atoms with E-state index in [1.807, 2.05) is 0 Å². The fourth-order valence-corrected chi connectivity index (χ4v) is 4.58. The third-order valence-corrected chi connectivity index (χ3v) is 6.37. The van der Waals surface area contributed by atoms with E-state index in [-0.39, 0.29) is 11.2 Å². The molecule has 0 radical (unpaired) electrons. The predicted octanol–water partition coefficient (Wildman–Crippen LogP) is 3.67. The molecule has 0 N–H and O–H groups in total. The molecule has 1 aliphatic heterocycles. The summed E-state index contributed by atoms with van der Waals surface area (Å²) in [4.78, 5) is 28.2. The highest BCUT2D eigenvalue weighted by Gasteiger charge is 2.18. The van der Waals surface area contributed by atoms with Crippen LogP contribution >= 0.6 is 0 Å². The quantitative estimate of drug-likeness (QED) is 0.334. The number of aromatic nitrogens is 2. The number of non-ortho nitro benzene ring substituents is 1. The number of nitro groups is 1. The van der Waals surface area contributed by atoms with E-state index >= 15 is 0 Å². The van der Waals surface area contributed by atoms with Crippen LogP contribution in [0.1, 0.15) is 6.42 Å². The van der Waals surface area contributed by atoms with Crippen LogP contribution in [0.2, 0.25) is 0 Å². The highest BCUT2D eigenvalue weighted by molar-refractivity contribution is 5.94. The molecule has 2 heterocycles. The summed E-state index contributed by atoms with van der Waals surface area (Å²) in [6.07, 6.45) is 2.39. The van der Waals surface area contributed by atoms with E-state index in [2.05, 4.69) is 57.4 Å². The van der Waals surface area contributed by atoms with Crippen LogP contribution in [0.4, 0.5) is 11.4 Å². The van der Waals surface area contributed by atoms with Crippen molar-refractivity contribution in [1.29, 1.82) is 0 Å². The number of aryl methyl sites for hydroxylation is 1. The maximum atomic E-state index is 12.7. The zero-order valence-electron chi connectivity index (χ0n) is 18.3. The molecule has 1 aliphatic rings. The van der Waals surface area contributed by atoms with Gasteiger partial charge in [0.1, 0.15) is 0 Å². The van der Waals surface area contributed by atoms with E-state index in [1.165, 1.54) is 33.3 Å². The number of hydrogen-bond donors (Lipinski definition) is 0. The van der Waals surface area contributed by atoms with Gasteiger partial charge in [0.2, 0.25) is 0 Å². The van der Waals surface area contributed by atoms with E-state index < -0.39 is 4.92 Å². The summed E-state index contributed by atoms with van der Waals surface area (Å²) in [6, 6.07) is 19.2. The lowest BCUT2D eigenvalue weighted by atomic mass is 10.1. The highest BCUT2D eigenvalue weighted by atomic mass is 16.6. The van der Waals surface area contributed by atoms with E-state index in [9.17, 15) is 14.9 Å². The molecule has 1 aromatic heterocycles. The molecule has 1 saturated heterocycles. The van der Waals surface area contributed by atoms with Crippen LogP contribution in [0.3, 0.4) is 0 Å². The van der Waals surface area contributed by atoms with Crippen molar-refractivity contribution in [1.82, 2.24) is 14.7 Å². The monoisotopic (exact) mass is 443 g/mol. The molecule has 0 aliphatic carbocycles. The van der Waals surface area contributed by atoms with Gasteiger partial charge in [-0.25, -0.2) is 4.68 Å². The summed E-state index contributed by atoms with van der Waals surface area (Å²) in [5, 5.41) is 18.8. The summed E-state index contributed by atoms with van der Waals surface area (Å²) in [6.45, 7) is 5.23. The largest absolute Gasteiger partial charge is 0.368 e. The van der Waals surface area contributed by atoms with Crippen LogP contribution in [-0.2, 0) is 6.54 Å². The average molecular weight is 444 g/mol. The number of piperazine rings is 1. The smallest absolute Gasteiger partial charge is 0.274 e. The lowest BCUT2D eigenvalue weighted by molar-refractivity contribution is -0.384. The molecule has 0 spiro atoms. The van der Waals surface area contributed by atoms with Gasteiger partial charge in [0, 0.05) is 67.9 Å². The summed E-state index contributed by atoms with van der Waals surface area (Å²) in [5.41, 5.74) is 0.923. The van der Waals surface area contributed by atoms with Crippen LogP contribution in [0.15, 0.2) is 71.7 Å². The van der Waals surface area contributed by atoms with Crippen LogP contribution in [0.5, 0.6) is 0 Å². The molecule has 3 aromatic carbocycles. The van der Waals surface area contributed by atoms with Gasteiger partial charge < -0.3 is 4.90 Å². The second-order valence-electron chi connectivity index (χ2n) is 8.38. The fourth-order valence-electron chi connectivity index (χ4n) is 4.58. The van der Waals surface area contributed by atoms with Crippen LogP contribution in [-0.4, -0.2) is 52.3 Å². The van der Waals surface area contributed by atoms with Crippen molar-refractivity contribution in [2.45, 2.75) is 13.0 Å². The first kappa shape index (κ1) is 21.1. The van der Waals surface area contributed by atoms with Crippen molar-refractivity contribution >= 4 is 32.9 Å². The Kier molecular flexibility index (Phi) is 5.75. The van der Waals surface area contributed by atoms with Gasteiger partial charge in [-0.05, 0) is 23.9 Å². The first-order chi connectivity index (χ1) is 16.1. The molecule has 4 aromatic rings. The zero-order chi connectivity index (χ0) is 22.8. The van der Waals surface area contributed by atoms with Gasteiger partial charge in [-0.1, -0.05) is 36.4 Å². The Morgan fingerprint density at radius 3 is 2.48 bits per heavy atom. The molecule has 0 saturated carbocycles. The van der Waals surface area contributed by atoms with Crippen LogP contribution < -0.4 is 10.5 Å². The minimum absolute atomic E-state index is 0.0820. The molecule has 33 heavy (non-hydrogen) atoms. The Morgan fingerprint density at radius 2 is 1.67 bits per heavy atom. The summed E-state index contributed by atoms with van der Waals surface area (Å²) in [5.74, 6) is 0.